The molecule has 29 heavy (non-hydrogen) atoms. The zero-order chi connectivity index (χ0) is 20.8. The maximum absolute atomic E-state index is 12.9. The monoisotopic (exact) mass is 398 g/mol. The van der Waals surface area contributed by atoms with Crippen LogP contribution in [0.25, 0.3) is 0 Å². The Morgan fingerprint density at radius 3 is 2.66 bits per heavy atom. The highest BCUT2D eigenvalue weighted by atomic mass is 16.3. The molecule has 0 spiro atoms. The second-order valence-corrected chi connectivity index (χ2v) is 8.61. The van der Waals surface area contributed by atoms with Crippen LogP contribution in [0.4, 0.5) is 5.82 Å². The standard InChI is InChI=1S/C21H30N6O2/c1-5-6-18-22-14(2)7-19(23-18)26-9-16-10-27(12-21(16,11-26)13-28)20(29)17-8-15(3)25(4)24-17/h7-8,16,28H,5-6,9-13H2,1-4H3. The summed E-state index contributed by atoms with van der Waals surface area (Å²) >= 11 is 0. The minimum atomic E-state index is -0.316. The molecule has 8 heteroatoms. The number of carbonyl (C=O) groups is 1. The predicted octanol–water partition coefficient (Wildman–Crippen LogP) is 1.35. The van der Waals surface area contributed by atoms with E-state index in [0.29, 0.717) is 25.3 Å². The van der Waals surface area contributed by atoms with E-state index in [9.17, 15) is 9.90 Å². The number of fused-ring (bicyclic) bond motifs is 1. The number of likely N-dealkylation sites (tertiary alicyclic amines) is 1. The highest BCUT2D eigenvalue weighted by molar-refractivity contribution is 5.92. The van der Waals surface area contributed by atoms with Crippen molar-refractivity contribution in [2.45, 2.75) is 33.6 Å². The molecule has 4 heterocycles. The van der Waals surface area contributed by atoms with Gasteiger partial charge in [0.2, 0.25) is 0 Å². The molecule has 4 rings (SSSR count). The zero-order valence-corrected chi connectivity index (χ0v) is 17.7. The maximum atomic E-state index is 12.9. The highest BCUT2D eigenvalue weighted by Gasteiger charge is 2.53. The summed E-state index contributed by atoms with van der Waals surface area (Å²) in [4.78, 5) is 26.3. The number of rotatable bonds is 5. The van der Waals surface area contributed by atoms with Crippen molar-refractivity contribution >= 4 is 11.7 Å². The number of aromatic nitrogens is 4. The Kier molecular flexibility index (Phi) is 5.06. The summed E-state index contributed by atoms with van der Waals surface area (Å²) < 4.78 is 1.72. The van der Waals surface area contributed by atoms with E-state index in [0.717, 1.165) is 42.4 Å². The van der Waals surface area contributed by atoms with Gasteiger partial charge in [0.25, 0.3) is 5.91 Å². The first-order chi connectivity index (χ1) is 13.8. The van der Waals surface area contributed by atoms with Gasteiger partial charge in [-0.3, -0.25) is 9.48 Å². The summed E-state index contributed by atoms with van der Waals surface area (Å²) in [6.07, 6.45) is 1.87. The SMILES string of the molecule is CCCc1nc(C)cc(N2CC3CN(C(=O)c4cc(C)n(C)n4)CC3(CO)C2)n1. The van der Waals surface area contributed by atoms with Crippen molar-refractivity contribution < 1.29 is 9.90 Å². The zero-order valence-electron chi connectivity index (χ0n) is 17.7. The first kappa shape index (κ1) is 19.8. The van der Waals surface area contributed by atoms with Gasteiger partial charge < -0.3 is 14.9 Å². The molecule has 0 saturated carbocycles. The average molecular weight is 399 g/mol. The summed E-state index contributed by atoms with van der Waals surface area (Å²) in [5.41, 5.74) is 2.09. The molecule has 2 fully saturated rings. The van der Waals surface area contributed by atoms with Crippen molar-refractivity contribution in [3.63, 3.8) is 0 Å². The van der Waals surface area contributed by atoms with E-state index in [1.807, 2.05) is 37.9 Å². The fourth-order valence-electron chi connectivity index (χ4n) is 4.67. The Balaban J connectivity index is 1.52. The van der Waals surface area contributed by atoms with Crippen LogP contribution >= 0.6 is 0 Å². The number of amides is 1. The second kappa shape index (κ2) is 7.40. The van der Waals surface area contributed by atoms with E-state index >= 15 is 0 Å². The molecule has 0 aliphatic carbocycles. The summed E-state index contributed by atoms with van der Waals surface area (Å²) in [5, 5.41) is 14.6. The average Bonchev–Trinajstić information content (AvgIpc) is 3.31. The van der Waals surface area contributed by atoms with Crippen LogP contribution in [0.15, 0.2) is 12.1 Å². The van der Waals surface area contributed by atoms with Gasteiger partial charge in [-0.15, -0.1) is 0 Å². The molecule has 0 aromatic carbocycles. The second-order valence-electron chi connectivity index (χ2n) is 8.61. The van der Waals surface area contributed by atoms with Gasteiger partial charge in [-0.05, 0) is 26.3 Å². The third kappa shape index (κ3) is 3.50. The molecule has 2 saturated heterocycles. The van der Waals surface area contributed by atoms with E-state index in [-0.39, 0.29) is 23.8 Å². The summed E-state index contributed by atoms with van der Waals surface area (Å²) in [5.74, 6) is 1.97. The van der Waals surface area contributed by atoms with Crippen LogP contribution in [0, 0.1) is 25.2 Å². The van der Waals surface area contributed by atoms with E-state index in [4.69, 9.17) is 4.98 Å². The van der Waals surface area contributed by atoms with Crippen molar-refractivity contribution in [2.24, 2.45) is 18.4 Å². The smallest absolute Gasteiger partial charge is 0.274 e. The lowest BCUT2D eigenvalue weighted by atomic mass is 9.82. The Bertz CT molecular complexity index is 906. The Hall–Kier alpha value is -2.48. The molecule has 8 nitrogen and oxygen atoms in total. The van der Waals surface area contributed by atoms with Crippen LogP contribution in [0.1, 0.15) is 41.0 Å². The van der Waals surface area contributed by atoms with Gasteiger partial charge in [-0.25, -0.2) is 9.97 Å². The number of hydrogen-bond acceptors (Lipinski definition) is 6. The molecule has 2 aromatic rings. The lowest BCUT2D eigenvalue weighted by Crippen LogP contribution is -2.39. The predicted molar refractivity (Wildman–Crippen MR) is 110 cm³/mol. The van der Waals surface area contributed by atoms with Crippen molar-refractivity contribution in [1.82, 2.24) is 24.6 Å². The van der Waals surface area contributed by atoms with Gasteiger partial charge in [0.1, 0.15) is 11.6 Å². The van der Waals surface area contributed by atoms with E-state index in [2.05, 4.69) is 21.9 Å². The Labute approximate surface area is 171 Å². The third-order valence-corrected chi connectivity index (χ3v) is 6.38. The van der Waals surface area contributed by atoms with Crippen LogP contribution in [-0.2, 0) is 13.5 Å². The van der Waals surface area contributed by atoms with Crippen molar-refractivity contribution in [3.8, 4) is 0 Å². The first-order valence-corrected chi connectivity index (χ1v) is 10.4. The molecule has 2 aromatic heterocycles. The minimum Gasteiger partial charge on any atom is -0.396 e. The molecule has 156 valence electrons. The van der Waals surface area contributed by atoms with Gasteiger partial charge >= 0.3 is 0 Å². The van der Waals surface area contributed by atoms with Gasteiger partial charge in [0, 0.05) is 68.4 Å². The fourth-order valence-corrected chi connectivity index (χ4v) is 4.67. The van der Waals surface area contributed by atoms with E-state index in [1.165, 1.54) is 0 Å². The number of nitrogens with zero attached hydrogens (tertiary/aromatic N) is 6. The largest absolute Gasteiger partial charge is 0.396 e. The van der Waals surface area contributed by atoms with Crippen LogP contribution in [-0.4, -0.2) is 68.4 Å². The van der Waals surface area contributed by atoms with E-state index in [1.54, 1.807) is 4.68 Å². The van der Waals surface area contributed by atoms with Gasteiger partial charge in [-0.2, -0.15) is 5.10 Å². The highest BCUT2D eigenvalue weighted by Crippen LogP contribution is 2.43. The summed E-state index contributed by atoms with van der Waals surface area (Å²) in [6.45, 7) is 8.79. The molecule has 2 unspecified atom stereocenters. The number of carbonyl (C=O) groups excluding carboxylic acids is 1. The summed E-state index contributed by atoms with van der Waals surface area (Å²) in [7, 11) is 1.84. The molecule has 0 radical (unpaired) electrons. The molecule has 2 aliphatic heterocycles. The van der Waals surface area contributed by atoms with Crippen LogP contribution in [0.3, 0.4) is 0 Å². The van der Waals surface area contributed by atoms with Gasteiger partial charge in [0.15, 0.2) is 5.69 Å². The van der Waals surface area contributed by atoms with Gasteiger partial charge in [0.05, 0.1) is 6.61 Å². The number of aliphatic hydroxyl groups is 1. The lowest BCUT2D eigenvalue weighted by Gasteiger charge is -2.27. The fraction of sp³-hybridized carbons (Fsp3) is 0.619. The molecule has 0 bridgehead atoms. The van der Waals surface area contributed by atoms with Gasteiger partial charge in [-0.1, -0.05) is 6.92 Å². The molecular weight excluding hydrogens is 368 g/mol. The van der Waals surface area contributed by atoms with Crippen molar-refractivity contribution in [3.05, 3.63) is 35.0 Å². The Morgan fingerprint density at radius 1 is 1.24 bits per heavy atom. The normalized spacial score (nSPS) is 23.7. The number of aliphatic hydroxyl groups excluding tert-OH is 1. The Morgan fingerprint density at radius 2 is 2.03 bits per heavy atom. The molecule has 2 atom stereocenters. The van der Waals surface area contributed by atoms with E-state index < -0.39 is 0 Å². The number of hydrogen-bond donors (Lipinski definition) is 1. The van der Waals surface area contributed by atoms with Crippen LogP contribution in [0.5, 0.6) is 0 Å². The van der Waals surface area contributed by atoms with Crippen LogP contribution < -0.4 is 4.90 Å². The van der Waals surface area contributed by atoms with Crippen LogP contribution in [0.2, 0.25) is 0 Å². The lowest BCUT2D eigenvalue weighted by molar-refractivity contribution is 0.0741. The minimum absolute atomic E-state index is 0.0504. The third-order valence-electron chi connectivity index (χ3n) is 6.38. The topological polar surface area (TPSA) is 87.4 Å². The maximum Gasteiger partial charge on any atom is 0.274 e. The number of aryl methyl sites for hydroxylation is 4. The first-order valence-electron chi connectivity index (χ1n) is 10.4. The molecule has 1 amide bonds. The number of anilines is 1. The molecule has 2 aliphatic rings. The van der Waals surface area contributed by atoms with Crippen molar-refractivity contribution in [2.75, 3.05) is 37.7 Å². The molecular formula is C21H30N6O2. The quantitative estimate of drug-likeness (QED) is 0.818. The van der Waals surface area contributed by atoms with Crippen molar-refractivity contribution in [1.29, 1.82) is 0 Å². The molecule has 1 N–H and O–H groups in total. The summed E-state index contributed by atoms with van der Waals surface area (Å²) in [6, 6.07) is 3.85.